The van der Waals surface area contributed by atoms with Gasteiger partial charge in [-0.25, -0.2) is 0 Å². The minimum atomic E-state index is -0.647. The van der Waals surface area contributed by atoms with Crippen molar-refractivity contribution in [2.45, 2.75) is 20.0 Å². The summed E-state index contributed by atoms with van der Waals surface area (Å²) in [5.41, 5.74) is 1.90. The molecule has 94 valence electrons. The Balaban J connectivity index is 2.55. The fourth-order valence-electron chi connectivity index (χ4n) is 1.38. The van der Waals surface area contributed by atoms with Crippen LogP contribution in [0, 0.1) is 0 Å². The molecule has 0 fully saturated rings. The molecular formula is C13H17Cl2NO. The second-order valence-corrected chi connectivity index (χ2v) is 4.96. The van der Waals surface area contributed by atoms with Crippen molar-refractivity contribution in [1.82, 2.24) is 5.32 Å². The van der Waals surface area contributed by atoms with E-state index in [0.29, 0.717) is 22.2 Å². The smallest absolute Gasteiger partial charge is 0.0929 e. The minimum absolute atomic E-state index is 0.448. The minimum Gasteiger partial charge on any atom is -0.387 e. The zero-order valence-corrected chi connectivity index (χ0v) is 11.5. The van der Waals surface area contributed by atoms with E-state index < -0.39 is 6.10 Å². The van der Waals surface area contributed by atoms with Crippen molar-refractivity contribution in [2.75, 3.05) is 13.1 Å². The normalized spacial score (nSPS) is 12.3. The molecule has 0 aliphatic heterocycles. The van der Waals surface area contributed by atoms with E-state index in [0.717, 1.165) is 6.54 Å². The molecule has 1 aromatic carbocycles. The molecule has 0 aliphatic carbocycles. The summed E-state index contributed by atoms with van der Waals surface area (Å²) in [6, 6.07) is 5.09. The number of hydrogen-bond donors (Lipinski definition) is 2. The van der Waals surface area contributed by atoms with E-state index in [-0.39, 0.29) is 0 Å². The van der Waals surface area contributed by atoms with Gasteiger partial charge in [0.1, 0.15) is 0 Å². The summed E-state index contributed by atoms with van der Waals surface area (Å²) in [6.45, 7) is 5.25. The first kappa shape index (κ1) is 14.5. The Morgan fingerprint density at radius 2 is 2.12 bits per heavy atom. The number of hydrogen-bond acceptors (Lipinski definition) is 2. The molecule has 1 unspecified atom stereocenters. The molecule has 0 spiro atoms. The lowest BCUT2D eigenvalue weighted by Gasteiger charge is -2.13. The summed E-state index contributed by atoms with van der Waals surface area (Å²) < 4.78 is 0. The monoisotopic (exact) mass is 273 g/mol. The van der Waals surface area contributed by atoms with Gasteiger partial charge in [-0.1, -0.05) is 34.9 Å². The van der Waals surface area contributed by atoms with Crippen LogP contribution in [0.3, 0.4) is 0 Å². The van der Waals surface area contributed by atoms with Crippen LogP contribution in [0.2, 0.25) is 10.0 Å². The van der Waals surface area contributed by atoms with Crippen molar-refractivity contribution in [3.8, 4) is 0 Å². The average molecular weight is 274 g/mol. The zero-order valence-electron chi connectivity index (χ0n) is 10.0. The molecule has 0 amide bonds. The highest BCUT2D eigenvalue weighted by molar-refractivity contribution is 6.33. The molecule has 0 saturated carbocycles. The highest BCUT2D eigenvalue weighted by Gasteiger charge is 2.11. The number of aliphatic hydroxyl groups excluding tert-OH is 1. The first-order chi connectivity index (χ1) is 8.00. The summed E-state index contributed by atoms with van der Waals surface area (Å²) in [5.74, 6) is 0. The quantitative estimate of drug-likeness (QED) is 0.635. The Hall–Kier alpha value is -0.540. The van der Waals surface area contributed by atoms with E-state index in [1.54, 1.807) is 18.2 Å². The van der Waals surface area contributed by atoms with Gasteiger partial charge in [-0.2, -0.15) is 0 Å². The van der Waals surface area contributed by atoms with Crippen molar-refractivity contribution < 1.29 is 5.11 Å². The van der Waals surface area contributed by atoms with E-state index in [2.05, 4.69) is 11.4 Å². The topological polar surface area (TPSA) is 32.3 Å². The highest BCUT2D eigenvalue weighted by Crippen LogP contribution is 2.25. The molecule has 4 heteroatoms. The molecular weight excluding hydrogens is 257 g/mol. The predicted octanol–water partition coefficient (Wildman–Crippen LogP) is 3.58. The van der Waals surface area contributed by atoms with Gasteiger partial charge in [0.2, 0.25) is 0 Å². The summed E-state index contributed by atoms with van der Waals surface area (Å²) in [5, 5.41) is 14.2. The fourth-order valence-corrected chi connectivity index (χ4v) is 1.80. The first-order valence-corrected chi connectivity index (χ1v) is 6.23. The Kier molecular flexibility index (Phi) is 6.00. The highest BCUT2D eigenvalue weighted by atomic mass is 35.5. The molecule has 0 saturated heterocycles. The molecule has 2 nitrogen and oxygen atoms in total. The third kappa shape index (κ3) is 5.09. The van der Waals surface area contributed by atoms with Crippen LogP contribution in [0.4, 0.5) is 0 Å². The maximum absolute atomic E-state index is 9.96. The van der Waals surface area contributed by atoms with E-state index >= 15 is 0 Å². The number of allylic oxidation sites excluding steroid dienone is 1. The molecule has 1 atom stereocenters. The van der Waals surface area contributed by atoms with E-state index in [1.165, 1.54) is 5.57 Å². The van der Waals surface area contributed by atoms with Gasteiger partial charge < -0.3 is 10.4 Å². The summed E-state index contributed by atoms with van der Waals surface area (Å²) in [7, 11) is 0. The van der Waals surface area contributed by atoms with Crippen molar-refractivity contribution >= 4 is 23.2 Å². The van der Waals surface area contributed by atoms with Gasteiger partial charge in [0.25, 0.3) is 0 Å². The van der Waals surface area contributed by atoms with Gasteiger partial charge in [0.05, 0.1) is 6.10 Å². The third-order valence-electron chi connectivity index (χ3n) is 2.31. The van der Waals surface area contributed by atoms with Crippen LogP contribution in [0.1, 0.15) is 25.5 Å². The molecule has 1 aromatic rings. The van der Waals surface area contributed by atoms with Gasteiger partial charge in [-0.3, -0.25) is 0 Å². The zero-order chi connectivity index (χ0) is 12.8. The molecule has 17 heavy (non-hydrogen) atoms. The maximum atomic E-state index is 9.96. The van der Waals surface area contributed by atoms with Crippen molar-refractivity contribution in [3.05, 3.63) is 45.5 Å². The molecule has 0 heterocycles. The van der Waals surface area contributed by atoms with Gasteiger partial charge >= 0.3 is 0 Å². The SMILES string of the molecule is CC(C)=CCNCC(O)c1cc(Cl)ccc1Cl. The van der Waals surface area contributed by atoms with Crippen molar-refractivity contribution in [1.29, 1.82) is 0 Å². The number of rotatable bonds is 5. The number of benzene rings is 1. The number of aliphatic hydroxyl groups is 1. The van der Waals surface area contributed by atoms with Crippen LogP contribution < -0.4 is 5.32 Å². The van der Waals surface area contributed by atoms with Gasteiger partial charge in [-0.15, -0.1) is 0 Å². The lowest BCUT2D eigenvalue weighted by Crippen LogP contribution is -2.21. The van der Waals surface area contributed by atoms with Crippen molar-refractivity contribution in [3.63, 3.8) is 0 Å². The lowest BCUT2D eigenvalue weighted by molar-refractivity contribution is 0.176. The Labute approximate surface area is 112 Å². The Bertz CT molecular complexity index is 400. The van der Waals surface area contributed by atoms with E-state index in [1.807, 2.05) is 13.8 Å². The molecule has 0 bridgehead atoms. The van der Waals surface area contributed by atoms with Gasteiger partial charge in [0.15, 0.2) is 0 Å². The molecule has 0 aromatic heterocycles. The Morgan fingerprint density at radius 3 is 2.76 bits per heavy atom. The lowest BCUT2D eigenvalue weighted by atomic mass is 10.1. The molecule has 0 radical (unpaired) electrons. The van der Waals surface area contributed by atoms with E-state index in [9.17, 15) is 5.11 Å². The molecule has 1 rings (SSSR count). The fraction of sp³-hybridized carbons (Fsp3) is 0.385. The van der Waals surface area contributed by atoms with Crippen LogP contribution >= 0.6 is 23.2 Å². The van der Waals surface area contributed by atoms with Crippen LogP contribution in [0.5, 0.6) is 0 Å². The van der Waals surface area contributed by atoms with Gasteiger partial charge in [0, 0.05) is 28.7 Å². The van der Waals surface area contributed by atoms with Crippen LogP contribution in [0.15, 0.2) is 29.8 Å². The predicted molar refractivity (Wildman–Crippen MR) is 73.7 cm³/mol. The largest absolute Gasteiger partial charge is 0.387 e. The van der Waals surface area contributed by atoms with Crippen LogP contribution in [0.25, 0.3) is 0 Å². The molecule has 0 aliphatic rings. The Morgan fingerprint density at radius 1 is 1.41 bits per heavy atom. The standard InChI is InChI=1S/C13H17Cl2NO/c1-9(2)5-6-16-8-13(17)11-7-10(14)3-4-12(11)15/h3-5,7,13,16-17H,6,8H2,1-2H3. The average Bonchev–Trinajstić information content (AvgIpc) is 2.27. The van der Waals surface area contributed by atoms with Crippen LogP contribution in [-0.2, 0) is 0 Å². The second kappa shape index (κ2) is 7.02. The first-order valence-electron chi connectivity index (χ1n) is 5.48. The summed E-state index contributed by atoms with van der Waals surface area (Å²) in [4.78, 5) is 0. The number of nitrogens with one attached hydrogen (secondary N) is 1. The van der Waals surface area contributed by atoms with Crippen molar-refractivity contribution in [2.24, 2.45) is 0 Å². The second-order valence-electron chi connectivity index (χ2n) is 4.12. The maximum Gasteiger partial charge on any atom is 0.0929 e. The van der Waals surface area contributed by atoms with Crippen LogP contribution in [-0.4, -0.2) is 18.2 Å². The number of halogens is 2. The summed E-state index contributed by atoms with van der Waals surface area (Å²) >= 11 is 11.9. The van der Waals surface area contributed by atoms with Gasteiger partial charge in [-0.05, 0) is 32.0 Å². The molecule has 2 N–H and O–H groups in total. The third-order valence-corrected chi connectivity index (χ3v) is 2.89. The summed E-state index contributed by atoms with van der Waals surface area (Å²) in [6.07, 6.45) is 1.42. The van der Waals surface area contributed by atoms with E-state index in [4.69, 9.17) is 23.2 Å².